The second kappa shape index (κ2) is 6.47. The molecule has 0 aliphatic rings. The Morgan fingerprint density at radius 1 is 1.44 bits per heavy atom. The number of Topliss-reactive ketones (excluding diaryl/α,β-unsaturated/α-hetero) is 1. The molecule has 1 aromatic rings. The van der Waals surface area contributed by atoms with Crippen molar-refractivity contribution in [3.8, 4) is 5.75 Å². The Labute approximate surface area is 106 Å². The molecule has 18 heavy (non-hydrogen) atoms. The van der Waals surface area contributed by atoms with E-state index in [1.54, 1.807) is 13.0 Å². The monoisotopic (exact) mass is 255 g/mol. The highest BCUT2D eigenvalue weighted by Crippen LogP contribution is 2.24. The Hall–Kier alpha value is -1.46. The molecule has 0 fully saturated rings. The highest BCUT2D eigenvalue weighted by Gasteiger charge is 2.22. The number of hydrogen-bond donors (Lipinski definition) is 1. The molecule has 0 saturated heterocycles. The van der Waals surface area contributed by atoms with Crippen LogP contribution in [0.3, 0.4) is 0 Å². The van der Waals surface area contributed by atoms with Crippen molar-refractivity contribution in [1.29, 1.82) is 0 Å². The number of carbonyl (C=O) groups excluding carboxylic acids is 1. The van der Waals surface area contributed by atoms with Gasteiger partial charge in [-0.05, 0) is 31.0 Å². The van der Waals surface area contributed by atoms with Crippen LogP contribution in [0.15, 0.2) is 12.1 Å². The topological polar surface area (TPSA) is 61.5 Å². The SMILES string of the molecule is CCOc1cc(CC)cc(C(=O)C(N)OC)c1F. The van der Waals surface area contributed by atoms with Crippen molar-refractivity contribution < 1.29 is 18.7 Å². The smallest absolute Gasteiger partial charge is 0.209 e. The average Bonchev–Trinajstić information content (AvgIpc) is 2.39. The second-order valence-corrected chi connectivity index (χ2v) is 3.76. The molecule has 1 rings (SSSR count). The van der Waals surface area contributed by atoms with E-state index in [-0.39, 0.29) is 11.3 Å². The molecular weight excluding hydrogens is 237 g/mol. The fourth-order valence-electron chi connectivity index (χ4n) is 1.56. The van der Waals surface area contributed by atoms with E-state index in [2.05, 4.69) is 0 Å². The summed E-state index contributed by atoms with van der Waals surface area (Å²) in [6.07, 6.45) is -0.496. The summed E-state index contributed by atoms with van der Waals surface area (Å²) in [5.74, 6) is -1.21. The third kappa shape index (κ3) is 3.05. The highest BCUT2D eigenvalue weighted by molar-refractivity contribution is 5.99. The first-order valence-electron chi connectivity index (χ1n) is 5.82. The van der Waals surface area contributed by atoms with Gasteiger partial charge in [-0.15, -0.1) is 0 Å². The zero-order chi connectivity index (χ0) is 13.7. The maximum absolute atomic E-state index is 14.1. The molecule has 4 nitrogen and oxygen atoms in total. The van der Waals surface area contributed by atoms with Crippen molar-refractivity contribution in [3.05, 3.63) is 29.1 Å². The van der Waals surface area contributed by atoms with Crippen LogP contribution in [0.1, 0.15) is 29.8 Å². The molecule has 2 N–H and O–H groups in total. The summed E-state index contributed by atoms with van der Waals surface area (Å²) in [6, 6.07) is 3.08. The molecule has 0 aliphatic carbocycles. The van der Waals surface area contributed by atoms with Crippen LogP contribution in [0, 0.1) is 5.82 Å². The lowest BCUT2D eigenvalue weighted by atomic mass is 10.0. The van der Waals surface area contributed by atoms with Crippen LogP contribution in [-0.2, 0) is 11.2 Å². The van der Waals surface area contributed by atoms with E-state index in [0.717, 1.165) is 5.56 Å². The van der Waals surface area contributed by atoms with Gasteiger partial charge in [-0.3, -0.25) is 10.5 Å². The van der Waals surface area contributed by atoms with Crippen LogP contribution >= 0.6 is 0 Å². The largest absolute Gasteiger partial charge is 0.491 e. The molecule has 0 spiro atoms. The van der Waals surface area contributed by atoms with Crippen molar-refractivity contribution in [2.45, 2.75) is 26.5 Å². The third-order valence-corrected chi connectivity index (χ3v) is 2.58. The molecule has 0 aromatic heterocycles. The molecule has 1 aromatic carbocycles. The molecule has 0 amide bonds. The summed E-state index contributed by atoms with van der Waals surface area (Å²) < 4.78 is 24.0. The molecule has 1 unspecified atom stereocenters. The van der Waals surface area contributed by atoms with Crippen molar-refractivity contribution in [1.82, 2.24) is 0 Å². The third-order valence-electron chi connectivity index (χ3n) is 2.58. The number of halogens is 1. The Balaban J connectivity index is 3.24. The number of hydrogen-bond acceptors (Lipinski definition) is 4. The molecule has 0 saturated carbocycles. The zero-order valence-corrected chi connectivity index (χ0v) is 10.8. The quantitative estimate of drug-likeness (QED) is 0.623. The Kier molecular flexibility index (Phi) is 5.25. The maximum atomic E-state index is 14.1. The van der Waals surface area contributed by atoms with Crippen molar-refractivity contribution in [2.75, 3.05) is 13.7 Å². The van der Waals surface area contributed by atoms with Crippen molar-refractivity contribution in [2.24, 2.45) is 5.73 Å². The van der Waals surface area contributed by atoms with Crippen molar-refractivity contribution >= 4 is 5.78 Å². The number of benzene rings is 1. The van der Waals surface area contributed by atoms with Gasteiger partial charge >= 0.3 is 0 Å². The first kappa shape index (κ1) is 14.6. The molecule has 1 atom stereocenters. The van der Waals surface area contributed by atoms with Crippen molar-refractivity contribution in [3.63, 3.8) is 0 Å². The first-order valence-corrected chi connectivity index (χ1v) is 5.82. The van der Waals surface area contributed by atoms with Gasteiger partial charge in [0, 0.05) is 7.11 Å². The van der Waals surface area contributed by atoms with Crippen LogP contribution in [-0.4, -0.2) is 25.7 Å². The van der Waals surface area contributed by atoms with E-state index in [9.17, 15) is 9.18 Å². The van der Waals surface area contributed by atoms with Gasteiger partial charge in [-0.25, -0.2) is 4.39 Å². The van der Waals surface area contributed by atoms with E-state index in [1.807, 2.05) is 6.92 Å². The minimum absolute atomic E-state index is 0.0727. The first-order chi connectivity index (χ1) is 8.54. The van der Waals surface area contributed by atoms with E-state index in [0.29, 0.717) is 13.0 Å². The number of ketones is 1. The van der Waals surface area contributed by atoms with Crippen LogP contribution in [0.2, 0.25) is 0 Å². The fourth-order valence-corrected chi connectivity index (χ4v) is 1.56. The van der Waals surface area contributed by atoms with Gasteiger partial charge in [-0.2, -0.15) is 0 Å². The fraction of sp³-hybridized carbons (Fsp3) is 0.462. The normalized spacial score (nSPS) is 12.3. The number of ether oxygens (including phenoxy) is 2. The zero-order valence-electron chi connectivity index (χ0n) is 10.8. The van der Waals surface area contributed by atoms with Gasteiger partial charge in [-0.1, -0.05) is 6.92 Å². The summed E-state index contributed by atoms with van der Waals surface area (Å²) in [5.41, 5.74) is 6.17. The number of carbonyl (C=O) groups is 1. The van der Waals surface area contributed by atoms with Gasteiger partial charge in [0.2, 0.25) is 5.78 Å². The van der Waals surface area contributed by atoms with E-state index < -0.39 is 17.8 Å². The summed E-state index contributed by atoms with van der Waals surface area (Å²) in [7, 11) is 1.30. The molecule has 0 bridgehead atoms. The molecular formula is C13H18FNO3. The predicted molar refractivity (Wildman–Crippen MR) is 66.3 cm³/mol. The van der Waals surface area contributed by atoms with Crippen LogP contribution in [0.25, 0.3) is 0 Å². The van der Waals surface area contributed by atoms with E-state index in [4.69, 9.17) is 15.2 Å². The Morgan fingerprint density at radius 2 is 2.11 bits per heavy atom. The summed E-state index contributed by atoms with van der Waals surface area (Å²) in [4.78, 5) is 11.9. The van der Waals surface area contributed by atoms with Gasteiger partial charge in [0.15, 0.2) is 17.8 Å². The molecule has 0 radical (unpaired) electrons. The minimum Gasteiger partial charge on any atom is -0.491 e. The minimum atomic E-state index is -1.17. The van der Waals surface area contributed by atoms with Gasteiger partial charge < -0.3 is 9.47 Å². The van der Waals surface area contributed by atoms with Gasteiger partial charge in [0.1, 0.15) is 0 Å². The Morgan fingerprint density at radius 3 is 2.61 bits per heavy atom. The molecule has 5 heteroatoms. The predicted octanol–water partition coefficient (Wildman–Crippen LogP) is 1.90. The number of methoxy groups -OCH3 is 1. The maximum Gasteiger partial charge on any atom is 0.209 e. The highest BCUT2D eigenvalue weighted by atomic mass is 19.1. The summed E-state index contributed by atoms with van der Waals surface area (Å²) in [5, 5.41) is 0. The lowest BCUT2D eigenvalue weighted by molar-refractivity contribution is 0.0618. The molecule has 0 heterocycles. The van der Waals surface area contributed by atoms with Crippen LogP contribution in [0.5, 0.6) is 5.75 Å². The van der Waals surface area contributed by atoms with Crippen LogP contribution < -0.4 is 10.5 Å². The lowest BCUT2D eigenvalue weighted by Crippen LogP contribution is -2.33. The standard InChI is InChI=1S/C13H18FNO3/c1-4-8-6-9(12(16)13(15)17-3)11(14)10(7-8)18-5-2/h6-7,13H,4-5,15H2,1-3H3. The van der Waals surface area contributed by atoms with Gasteiger partial charge in [0.25, 0.3) is 0 Å². The van der Waals surface area contributed by atoms with E-state index in [1.165, 1.54) is 13.2 Å². The van der Waals surface area contributed by atoms with E-state index >= 15 is 0 Å². The molecule has 0 aliphatic heterocycles. The number of nitrogens with two attached hydrogens (primary N) is 1. The lowest BCUT2D eigenvalue weighted by Gasteiger charge is -2.13. The number of rotatable bonds is 6. The van der Waals surface area contributed by atoms with Crippen LogP contribution in [0.4, 0.5) is 4.39 Å². The molecule has 100 valence electrons. The van der Waals surface area contributed by atoms with Gasteiger partial charge in [0.05, 0.1) is 12.2 Å². The second-order valence-electron chi connectivity index (χ2n) is 3.76. The average molecular weight is 255 g/mol. The summed E-state index contributed by atoms with van der Waals surface area (Å²) in [6.45, 7) is 3.99. The Bertz CT molecular complexity index is 434. The number of aryl methyl sites for hydroxylation is 1. The summed E-state index contributed by atoms with van der Waals surface area (Å²) >= 11 is 0.